The molecule has 0 bridgehead atoms. The van der Waals surface area contributed by atoms with Crippen molar-refractivity contribution >= 4 is 34.2 Å². The third-order valence-corrected chi connectivity index (χ3v) is 2.45. The van der Waals surface area contributed by atoms with E-state index in [9.17, 15) is 13.2 Å². The van der Waals surface area contributed by atoms with Gasteiger partial charge >= 0.3 is 6.36 Å². The van der Waals surface area contributed by atoms with Gasteiger partial charge in [0.2, 0.25) is 0 Å². The van der Waals surface area contributed by atoms with Gasteiger partial charge in [0.25, 0.3) is 0 Å². The van der Waals surface area contributed by atoms with Crippen molar-refractivity contribution in [2.45, 2.75) is 13.3 Å². The van der Waals surface area contributed by atoms with Crippen molar-refractivity contribution in [1.82, 2.24) is 4.98 Å². The van der Waals surface area contributed by atoms with Gasteiger partial charge in [0.1, 0.15) is 3.70 Å². The average molecular weight is 337 g/mol. The van der Waals surface area contributed by atoms with Gasteiger partial charge in [-0.1, -0.05) is 11.6 Å². The maximum Gasteiger partial charge on any atom is 0.573 e. The lowest BCUT2D eigenvalue weighted by Crippen LogP contribution is -2.18. The van der Waals surface area contributed by atoms with Crippen LogP contribution in [0.25, 0.3) is 0 Å². The number of hydrogen-bond donors (Lipinski definition) is 0. The topological polar surface area (TPSA) is 22.1 Å². The summed E-state index contributed by atoms with van der Waals surface area (Å²) in [6.45, 7) is 1.60. The van der Waals surface area contributed by atoms with E-state index in [2.05, 4.69) is 9.72 Å². The summed E-state index contributed by atoms with van der Waals surface area (Å²) >= 11 is 7.25. The Kier molecular flexibility index (Phi) is 3.46. The van der Waals surface area contributed by atoms with Gasteiger partial charge in [-0.05, 0) is 29.5 Å². The van der Waals surface area contributed by atoms with Crippen molar-refractivity contribution in [1.29, 1.82) is 0 Å². The summed E-state index contributed by atoms with van der Waals surface area (Å²) in [4.78, 5) is 3.79. The molecule has 14 heavy (non-hydrogen) atoms. The number of nitrogens with zero attached hydrogens (tertiary/aromatic N) is 1. The standard InChI is InChI=1S/C7H4ClF3INO/c1-3-4(8)2-5(6(12)13-3)14-7(9,10)11/h2H,1H3. The monoisotopic (exact) mass is 337 g/mol. The number of halogens is 5. The zero-order valence-corrected chi connectivity index (χ0v) is 9.74. The SMILES string of the molecule is Cc1nc(I)c(OC(F)(F)F)cc1Cl. The predicted octanol–water partition coefficient (Wildman–Crippen LogP) is 3.55. The van der Waals surface area contributed by atoms with Crippen molar-refractivity contribution in [3.05, 3.63) is 20.5 Å². The second-order valence-corrected chi connectivity index (χ2v) is 3.82. The molecule has 0 aliphatic heterocycles. The number of hydrogen-bond acceptors (Lipinski definition) is 2. The fourth-order valence-corrected chi connectivity index (χ4v) is 1.50. The molecular formula is C7H4ClF3INO. The van der Waals surface area contributed by atoms with E-state index in [1.807, 2.05) is 0 Å². The second-order valence-electron chi connectivity index (χ2n) is 2.39. The van der Waals surface area contributed by atoms with E-state index in [0.717, 1.165) is 6.07 Å². The summed E-state index contributed by atoms with van der Waals surface area (Å²) in [5.74, 6) is -0.381. The summed E-state index contributed by atoms with van der Waals surface area (Å²) < 4.78 is 39.4. The van der Waals surface area contributed by atoms with Crippen molar-refractivity contribution in [3.63, 3.8) is 0 Å². The van der Waals surface area contributed by atoms with Crippen molar-refractivity contribution in [3.8, 4) is 5.75 Å². The van der Waals surface area contributed by atoms with Crippen LogP contribution in [0.1, 0.15) is 5.69 Å². The van der Waals surface area contributed by atoms with Crippen LogP contribution in [0, 0.1) is 10.6 Å². The maximum atomic E-state index is 11.9. The minimum atomic E-state index is -4.72. The molecule has 0 fully saturated rings. The van der Waals surface area contributed by atoms with Crippen LogP contribution in [0.15, 0.2) is 6.07 Å². The quantitative estimate of drug-likeness (QED) is 0.577. The first-order valence-electron chi connectivity index (χ1n) is 3.38. The zero-order chi connectivity index (χ0) is 10.9. The lowest BCUT2D eigenvalue weighted by atomic mass is 10.4. The molecule has 2 nitrogen and oxygen atoms in total. The summed E-state index contributed by atoms with van der Waals surface area (Å²) in [7, 11) is 0. The third-order valence-electron chi connectivity index (χ3n) is 1.30. The number of aryl methyl sites for hydroxylation is 1. The van der Waals surface area contributed by atoms with E-state index in [1.165, 1.54) is 0 Å². The second kappa shape index (κ2) is 4.09. The van der Waals surface area contributed by atoms with Crippen LogP contribution in [0.5, 0.6) is 5.75 Å². The Balaban J connectivity index is 3.04. The Labute approximate surface area is 96.6 Å². The molecule has 0 unspecified atom stereocenters. The molecule has 0 N–H and O–H groups in total. The minimum absolute atomic E-state index is 0.127. The molecule has 0 saturated heterocycles. The van der Waals surface area contributed by atoms with E-state index in [4.69, 9.17) is 11.6 Å². The maximum absolute atomic E-state index is 11.9. The van der Waals surface area contributed by atoms with Gasteiger partial charge in [-0.3, -0.25) is 0 Å². The molecule has 0 aliphatic rings. The highest BCUT2D eigenvalue weighted by Crippen LogP contribution is 2.29. The highest BCUT2D eigenvalue weighted by molar-refractivity contribution is 14.1. The first-order valence-corrected chi connectivity index (χ1v) is 4.83. The molecule has 0 aliphatic carbocycles. The fourth-order valence-electron chi connectivity index (χ4n) is 0.731. The summed E-state index contributed by atoms with van der Waals surface area (Å²) in [5, 5.41) is 0.143. The van der Waals surface area contributed by atoms with Crippen molar-refractivity contribution in [2.75, 3.05) is 0 Å². The molecule has 0 aromatic carbocycles. The first kappa shape index (κ1) is 11.8. The van der Waals surface area contributed by atoms with Gasteiger partial charge in [-0.25, -0.2) is 4.98 Å². The Morgan fingerprint density at radius 2 is 2.07 bits per heavy atom. The van der Waals surface area contributed by atoms with Crippen LogP contribution in [0.4, 0.5) is 13.2 Å². The van der Waals surface area contributed by atoms with E-state index in [0.29, 0.717) is 5.69 Å². The third kappa shape index (κ3) is 3.16. The van der Waals surface area contributed by atoms with Crippen molar-refractivity contribution < 1.29 is 17.9 Å². The average Bonchev–Trinajstić information content (AvgIpc) is 1.97. The van der Waals surface area contributed by atoms with Crippen LogP contribution >= 0.6 is 34.2 Å². The summed E-state index contributed by atoms with van der Waals surface area (Å²) in [5.41, 5.74) is 0.464. The van der Waals surface area contributed by atoms with Crippen LogP contribution < -0.4 is 4.74 Å². The van der Waals surface area contributed by atoms with Gasteiger partial charge in [-0.2, -0.15) is 0 Å². The van der Waals surface area contributed by atoms with E-state index >= 15 is 0 Å². The molecule has 0 amide bonds. The summed E-state index contributed by atoms with van der Waals surface area (Å²) in [6.07, 6.45) is -4.72. The lowest BCUT2D eigenvalue weighted by molar-refractivity contribution is -0.275. The molecule has 0 spiro atoms. The zero-order valence-electron chi connectivity index (χ0n) is 6.82. The first-order chi connectivity index (χ1) is 6.29. The number of ether oxygens (including phenoxy) is 1. The number of rotatable bonds is 1. The van der Waals surface area contributed by atoms with Gasteiger partial charge in [-0.15, -0.1) is 13.2 Å². The van der Waals surface area contributed by atoms with Gasteiger partial charge < -0.3 is 4.74 Å². The fraction of sp³-hybridized carbons (Fsp3) is 0.286. The highest BCUT2D eigenvalue weighted by Gasteiger charge is 2.32. The molecule has 0 radical (unpaired) electrons. The molecule has 1 heterocycles. The molecule has 0 atom stereocenters. The number of aromatic nitrogens is 1. The molecule has 0 saturated carbocycles. The molecule has 1 aromatic heterocycles. The van der Waals surface area contributed by atoms with Gasteiger partial charge in [0.15, 0.2) is 5.75 Å². The normalized spacial score (nSPS) is 11.6. The molecule has 78 valence electrons. The Bertz CT molecular complexity index is 356. The van der Waals surface area contributed by atoms with Gasteiger partial charge in [0, 0.05) is 6.07 Å². The van der Waals surface area contributed by atoms with Crippen LogP contribution in [0.3, 0.4) is 0 Å². The number of pyridine rings is 1. The Morgan fingerprint density at radius 3 is 2.57 bits per heavy atom. The van der Waals surface area contributed by atoms with E-state index in [-0.39, 0.29) is 14.5 Å². The highest BCUT2D eigenvalue weighted by atomic mass is 127. The molecular weight excluding hydrogens is 333 g/mol. The summed E-state index contributed by atoms with van der Waals surface area (Å²) in [6, 6.07) is 1.10. The van der Waals surface area contributed by atoms with E-state index < -0.39 is 6.36 Å². The smallest absolute Gasteiger partial charge is 0.403 e. The number of alkyl halides is 3. The lowest BCUT2D eigenvalue weighted by Gasteiger charge is -2.10. The Morgan fingerprint density at radius 1 is 1.50 bits per heavy atom. The predicted molar refractivity (Wildman–Crippen MR) is 53.4 cm³/mol. The molecule has 7 heteroatoms. The van der Waals surface area contributed by atoms with Crippen LogP contribution in [-0.2, 0) is 0 Å². The molecule has 1 aromatic rings. The molecule has 1 rings (SSSR count). The van der Waals surface area contributed by atoms with Crippen LogP contribution in [0.2, 0.25) is 5.02 Å². The van der Waals surface area contributed by atoms with Gasteiger partial charge in [0.05, 0.1) is 10.7 Å². The Hall–Kier alpha value is -0.240. The minimum Gasteiger partial charge on any atom is -0.403 e. The van der Waals surface area contributed by atoms with Crippen LogP contribution in [-0.4, -0.2) is 11.3 Å². The van der Waals surface area contributed by atoms with E-state index in [1.54, 1.807) is 29.5 Å². The van der Waals surface area contributed by atoms with Crippen molar-refractivity contribution in [2.24, 2.45) is 0 Å². The largest absolute Gasteiger partial charge is 0.573 e.